The predicted molar refractivity (Wildman–Crippen MR) is 99.4 cm³/mol. The molecular formula is C22H35NO3. The Morgan fingerprint density at radius 1 is 0.962 bits per heavy atom. The normalized spacial score (nSPS) is 50.3. The third-order valence-corrected chi connectivity index (χ3v) is 9.70. The first-order chi connectivity index (χ1) is 12.4. The lowest BCUT2D eigenvalue weighted by atomic mass is 9.46. The second kappa shape index (κ2) is 5.70. The fourth-order valence-electron chi connectivity index (χ4n) is 8.05. The highest BCUT2D eigenvalue weighted by molar-refractivity contribution is 5.76. The summed E-state index contributed by atoms with van der Waals surface area (Å²) in [6.45, 7) is 7.46. The van der Waals surface area contributed by atoms with Gasteiger partial charge in [-0.15, -0.1) is 0 Å². The van der Waals surface area contributed by atoms with Crippen molar-refractivity contribution in [2.24, 2.45) is 34.5 Å². The molecule has 5 aliphatic rings. The molecule has 2 heterocycles. The molecule has 4 nitrogen and oxygen atoms in total. The fourth-order valence-corrected chi connectivity index (χ4v) is 8.05. The molecule has 0 aromatic rings. The number of carbonyl (C=O) groups is 1. The molecule has 4 heteroatoms. The Morgan fingerprint density at radius 3 is 2.46 bits per heavy atom. The van der Waals surface area contributed by atoms with E-state index in [9.17, 15) is 4.79 Å². The van der Waals surface area contributed by atoms with Gasteiger partial charge in [-0.2, -0.15) is 0 Å². The first-order valence-electron chi connectivity index (χ1n) is 10.9. The first kappa shape index (κ1) is 17.5. The molecule has 0 radical (unpaired) electrons. The number of likely N-dealkylation sites (tertiary alicyclic amines) is 1. The van der Waals surface area contributed by atoms with Crippen molar-refractivity contribution < 1.29 is 14.3 Å². The van der Waals surface area contributed by atoms with E-state index in [2.05, 4.69) is 13.8 Å². The highest BCUT2D eigenvalue weighted by Gasteiger charge is 2.67. The summed E-state index contributed by atoms with van der Waals surface area (Å²) >= 11 is 0. The van der Waals surface area contributed by atoms with Gasteiger partial charge in [-0.25, -0.2) is 0 Å². The summed E-state index contributed by atoms with van der Waals surface area (Å²) in [6.07, 6.45) is 9.35. The summed E-state index contributed by atoms with van der Waals surface area (Å²) < 4.78 is 12.5. The van der Waals surface area contributed by atoms with Crippen molar-refractivity contribution in [1.29, 1.82) is 0 Å². The Morgan fingerprint density at radius 2 is 1.69 bits per heavy atom. The molecule has 0 bridgehead atoms. The lowest BCUT2D eigenvalue weighted by molar-refractivity contribution is -0.246. The van der Waals surface area contributed by atoms with Crippen molar-refractivity contribution in [3.8, 4) is 0 Å². The molecule has 0 aromatic carbocycles. The monoisotopic (exact) mass is 361 g/mol. The van der Waals surface area contributed by atoms with E-state index in [1.54, 1.807) is 0 Å². The van der Waals surface area contributed by atoms with Crippen LogP contribution in [0.1, 0.15) is 65.2 Å². The number of nitrogens with zero attached hydrogens (tertiary/aromatic N) is 1. The third kappa shape index (κ3) is 2.12. The maximum atomic E-state index is 12.5. The van der Waals surface area contributed by atoms with Crippen LogP contribution in [0.25, 0.3) is 0 Å². The smallest absolute Gasteiger partial charge is 0.222 e. The molecule has 0 aromatic heterocycles. The minimum absolute atomic E-state index is 0.186. The largest absolute Gasteiger partial charge is 0.347 e. The van der Waals surface area contributed by atoms with Crippen LogP contribution in [0.2, 0.25) is 0 Å². The minimum atomic E-state index is -0.292. The van der Waals surface area contributed by atoms with Crippen LogP contribution in [0.4, 0.5) is 0 Å². The topological polar surface area (TPSA) is 38.8 Å². The molecule has 3 aliphatic carbocycles. The summed E-state index contributed by atoms with van der Waals surface area (Å²) in [7, 11) is 1.99. The van der Waals surface area contributed by atoms with Crippen LogP contribution in [0.5, 0.6) is 0 Å². The quantitative estimate of drug-likeness (QED) is 0.658. The van der Waals surface area contributed by atoms with Crippen LogP contribution >= 0.6 is 0 Å². The van der Waals surface area contributed by atoms with E-state index in [4.69, 9.17) is 9.47 Å². The van der Waals surface area contributed by atoms with E-state index in [1.165, 1.54) is 38.5 Å². The van der Waals surface area contributed by atoms with Crippen LogP contribution < -0.4 is 0 Å². The zero-order valence-corrected chi connectivity index (χ0v) is 16.8. The maximum absolute atomic E-state index is 12.5. The molecule has 1 amide bonds. The SMILES string of the molecule is CN1CCC2(C)C(CCC3C2CCC2(C)C3CCC23OCCO3)CC1=O. The Bertz CT molecular complexity index is 600. The molecule has 5 rings (SSSR count). The average molecular weight is 362 g/mol. The Hall–Kier alpha value is -0.610. The number of rotatable bonds is 0. The lowest BCUT2D eigenvalue weighted by Gasteiger charge is -2.59. The molecule has 3 saturated carbocycles. The van der Waals surface area contributed by atoms with Crippen LogP contribution in [0.15, 0.2) is 0 Å². The molecule has 146 valence electrons. The number of amides is 1. The molecule has 5 fully saturated rings. The van der Waals surface area contributed by atoms with E-state index in [0.29, 0.717) is 17.2 Å². The maximum Gasteiger partial charge on any atom is 0.222 e. The van der Waals surface area contributed by atoms with Gasteiger partial charge in [0, 0.05) is 31.8 Å². The van der Waals surface area contributed by atoms with Gasteiger partial charge in [0.25, 0.3) is 0 Å². The van der Waals surface area contributed by atoms with Gasteiger partial charge in [0.15, 0.2) is 5.79 Å². The van der Waals surface area contributed by atoms with Crippen molar-refractivity contribution in [3.63, 3.8) is 0 Å². The number of hydrogen-bond acceptors (Lipinski definition) is 3. The number of ether oxygens (including phenoxy) is 2. The molecule has 2 aliphatic heterocycles. The standard InChI is InChI=1S/C22H35NO3/c1-20-10-11-23(3)19(24)14-15(20)4-5-16-17(20)6-8-21(2)18(16)7-9-22(21)25-12-13-26-22/h15-18H,4-14H2,1-3H3. The molecule has 26 heavy (non-hydrogen) atoms. The summed E-state index contributed by atoms with van der Waals surface area (Å²) in [5.74, 6) is 2.95. The number of carbonyl (C=O) groups excluding carboxylic acids is 1. The molecule has 6 unspecified atom stereocenters. The first-order valence-corrected chi connectivity index (χ1v) is 10.9. The van der Waals surface area contributed by atoms with E-state index in [1.807, 2.05) is 11.9 Å². The molecule has 0 N–H and O–H groups in total. The van der Waals surface area contributed by atoms with E-state index in [-0.39, 0.29) is 11.2 Å². The third-order valence-electron chi connectivity index (χ3n) is 9.70. The second-order valence-corrected chi connectivity index (χ2v) is 10.4. The summed E-state index contributed by atoms with van der Waals surface area (Å²) in [5.41, 5.74) is 0.517. The molecule has 6 atom stereocenters. The second-order valence-electron chi connectivity index (χ2n) is 10.4. The van der Waals surface area contributed by atoms with Gasteiger partial charge in [0.2, 0.25) is 5.91 Å². The predicted octanol–water partition coefficient (Wildman–Crippen LogP) is 3.84. The number of hydrogen-bond donors (Lipinski definition) is 0. The van der Waals surface area contributed by atoms with Crippen LogP contribution in [-0.2, 0) is 14.3 Å². The van der Waals surface area contributed by atoms with E-state index in [0.717, 1.165) is 50.4 Å². The van der Waals surface area contributed by atoms with Gasteiger partial charge in [0.1, 0.15) is 0 Å². The van der Waals surface area contributed by atoms with Gasteiger partial charge >= 0.3 is 0 Å². The van der Waals surface area contributed by atoms with E-state index >= 15 is 0 Å². The Kier molecular flexibility index (Phi) is 3.83. The van der Waals surface area contributed by atoms with Gasteiger partial charge in [-0.3, -0.25) is 4.79 Å². The van der Waals surface area contributed by atoms with Crippen LogP contribution in [-0.4, -0.2) is 43.4 Å². The van der Waals surface area contributed by atoms with Crippen molar-refractivity contribution in [3.05, 3.63) is 0 Å². The van der Waals surface area contributed by atoms with Crippen LogP contribution in [0.3, 0.4) is 0 Å². The Labute approximate surface area is 158 Å². The number of fused-ring (bicyclic) bond motifs is 6. The minimum Gasteiger partial charge on any atom is -0.347 e. The summed E-state index contributed by atoms with van der Waals surface area (Å²) in [4.78, 5) is 14.4. The van der Waals surface area contributed by atoms with Crippen LogP contribution in [0, 0.1) is 34.5 Å². The highest BCUT2D eigenvalue weighted by atomic mass is 16.7. The fraction of sp³-hybridized carbons (Fsp3) is 0.955. The van der Waals surface area contributed by atoms with Gasteiger partial charge in [-0.05, 0) is 67.6 Å². The molecular weight excluding hydrogens is 326 g/mol. The van der Waals surface area contributed by atoms with Gasteiger partial charge < -0.3 is 14.4 Å². The summed E-state index contributed by atoms with van der Waals surface area (Å²) in [5, 5.41) is 0. The van der Waals surface area contributed by atoms with Gasteiger partial charge in [-0.1, -0.05) is 13.8 Å². The lowest BCUT2D eigenvalue weighted by Crippen LogP contribution is -2.56. The zero-order chi connectivity index (χ0) is 18.2. The molecule has 2 saturated heterocycles. The van der Waals surface area contributed by atoms with Crippen molar-refractivity contribution in [1.82, 2.24) is 4.90 Å². The molecule has 1 spiro atoms. The van der Waals surface area contributed by atoms with Gasteiger partial charge in [0.05, 0.1) is 13.2 Å². The Balaban J connectivity index is 1.45. The van der Waals surface area contributed by atoms with Crippen molar-refractivity contribution >= 4 is 5.91 Å². The highest BCUT2D eigenvalue weighted by Crippen LogP contribution is 2.68. The van der Waals surface area contributed by atoms with Crippen molar-refractivity contribution in [2.45, 2.75) is 71.0 Å². The summed E-state index contributed by atoms with van der Waals surface area (Å²) in [6, 6.07) is 0. The average Bonchev–Trinajstić information content (AvgIpc) is 3.19. The zero-order valence-electron chi connectivity index (χ0n) is 16.8. The van der Waals surface area contributed by atoms with E-state index < -0.39 is 0 Å². The van der Waals surface area contributed by atoms with Crippen molar-refractivity contribution in [2.75, 3.05) is 26.8 Å².